The first-order chi connectivity index (χ1) is 11.2. The lowest BCUT2D eigenvalue weighted by atomic mass is 10.0. The Morgan fingerprint density at radius 2 is 0.960 bits per heavy atom. The average Bonchev–Trinajstić information content (AvgIpc) is 2.47. The quantitative estimate of drug-likeness (QED) is 0.422. The molecule has 0 amide bonds. The van der Waals surface area contributed by atoms with Crippen molar-refractivity contribution in [2.24, 2.45) is 0 Å². The van der Waals surface area contributed by atoms with Gasteiger partial charge in [-0.25, -0.2) is 0 Å². The van der Waals surface area contributed by atoms with Crippen LogP contribution in [0.3, 0.4) is 0 Å². The Morgan fingerprint density at radius 3 is 1.16 bits per heavy atom. The van der Waals surface area contributed by atoms with Crippen LogP contribution in [0.1, 0.15) is 33.1 Å². The van der Waals surface area contributed by atoms with Gasteiger partial charge in [-0.15, -0.1) is 0 Å². The first-order valence-electron chi connectivity index (χ1n) is 7.03. The normalized spacial score (nSPS) is 17.7. The zero-order chi connectivity index (χ0) is 20.1. The molecule has 0 radical (unpaired) electrons. The summed E-state index contributed by atoms with van der Waals surface area (Å²) in [7, 11) is 0. The molecule has 0 saturated carbocycles. The number of carbonyl (C=O) groups is 2. The predicted octanol–water partition coefficient (Wildman–Crippen LogP) is 3.82. The van der Waals surface area contributed by atoms with Crippen LogP contribution < -0.4 is 0 Å². The van der Waals surface area contributed by atoms with E-state index >= 15 is 0 Å². The number of halogens is 8. The highest BCUT2D eigenvalue weighted by Crippen LogP contribution is 2.40. The van der Waals surface area contributed by atoms with Gasteiger partial charge >= 0.3 is 24.1 Å². The second kappa shape index (κ2) is 8.39. The Labute approximate surface area is 137 Å². The van der Waals surface area contributed by atoms with Gasteiger partial charge in [0.2, 0.25) is 11.6 Å². The van der Waals surface area contributed by atoms with Crippen LogP contribution in [0.5, 0.6) is 0 Å². The van der Waals surface area contributed by atoms with Crippen LogP contribution in [-0.2, 0) is 19.1 Å². The smallest absolute Gasteiger partial charge is 0.333 e. The molecule has 2 atom stereocenters. The molecular weight excluding hydrogens is 372 g/mol. The maximum absolute atomic E-state index is 13.9. The van der Waals surface area contributed by atoms with Crippen molar-refractivity contribution < 1.29 is 54.2 Å². The van der Waals surface area contributed by atoms with Gasteiger partial charge in [0.05, 0.1) is 19.6 Å². The topological polar surface area (TPSA) is 52.6 Å². The van der Waals surface area contributed by atoms with E-state index in [4.69, 9.17) is 0 Å². The predicted molar refractivity (Wildman–Crippen MR) is 66.9 cm³/mol. The van der Waals surface area contributed by atoms with Crippen molar-refractivity contribution in [3.8, 4) is 0 Å². The Hall–Kier alpha value is -1.30. The number of rotatable bonds is 10. The minimum atomic E-state index is -5.97. The summed E-state index contributed by atoms with van der Waals surface area (Å²) in [5, 5.41) is 0. The summed E-state index contributed by atoms with van der Waals surface area (Å²) in [5.41, 5.74) is 0. The molecule has 4 nitrogen and oxygen atoms in total. The molecule has 0 spiro atoms. The van der Waals surface area contributed by atoms with E-state index in [-0.39, 0.29) is 12.8 Å². The Balaban J connectivity index is 5.55. The Bertz CT molecular complexity index is 434. The van der Waals surface area contributed by atoms with Crippen molar-refractivity contribution in [1.29, 1.82) is 0 Å². The van der Waals surface area contributed by atoms with E-state index in [0.717, 1.165) is 0 Å². The van der Waals surface area contributed by atoms with Gasteiger partial charge in [-0.2, -0.15) is 35.1 Å². The largest absolute Gasteiger partial charge is 0.456 e. The summed E-state index contributed by atoms with van der Waals surface area (Å²) in [6, 6.07) is 0. The number of ether oxygens (including phenoxy) is 2. The van der Waals surface area contributed by atoms with Gasteiger partial charge in [0.1, 0.15) is 0 Å². The van der Waals surface area contributed by atoms with Gasteiger partial charge in [0.15, 0.2) is 0 Å². The second-order valence-corrected chi connectivity index (χ2v) is 4.91. The van der Waals surface area contributed by atoms with Gasteiger partial charge < -0.3 is 9.47 Å². The van der Waals surface area contributed by atoms with E-state index in [2.05, 4.69) is 9.47 Å². The van der Waals surface area contributed by atoms with Crippen LogP contribution >= 0.6 is 0 Å². The van der Waals surface area contributed by atoms with Crippen molar-refractivity contribution >= 4 is 11.6 Å². The Kier molecular flexibility index (Phi) is 7.95. The molecule has 2 unspecified atom stereocenters. The highest BCUT2D eigenvalue weighted by molar-refractivity contribution is 6.05. The summed E-state index contributed by atoms with van der Waals surface area (Å²) in [5.74, 6) is -15.5. The lowest BCUT2D eigenvalue weighted by molar-refractivity contribution is -0.318. The van der Waals surface area contributed by atoms with Gasteiger partial charge in [-0.1, -0.05) is 13.8 Å². The van der Waals surface area contributed by atoms with E-state index in [1.54, 1.807) is 0 Å². The van der Waals surface area contributed by atoms with E-state index in [0.29, 0.717) is 0 Å². The molecule has 0 fully saturated rings. The third-order valence-corrected chi connectivity index (χ3v) is 2.78. The standard InChI is InChI=1S/C13H16F8O4/c1-3-5-24-10(14,12(16,17)18)8(22)7-9(23)11(15,13(19,20)21)25-6-4-2/h3-7H2,1-2H3. The highest BCUT2D eigenvalue weighted by Gasteiger charge is 2.67. The monoisotopic (exact) mass is 388 g/mol. The molecule has 0 bridgehead atoms. The maximum Gasteiger partial charge on any atom is 0.456 e. The van der Waals surface area contributed by atoms with Gasteiger partial charge in [-0.05, 0) is 12.8 Å². The zero-order valence-electron chi connectivity index (χ0n) is 13.2. The van der Waals surface area contributed by atoms with E-state index < -0.39 is 55.3 Å². The zero-order valence-corrected chi connectivity index (χ0v) is 13.2. The fourth-order valence-electron chi connectivity index (χ4n) is 1.50. The molecule has 12 heteroatoms. The molecule has 148 valence electrons. The van der Waals surface area contributed by atoms with Crippen molar-refractivity contribution in [3.63, 3.8) is 0 Å². The van der Waals surface area contributed by atoms with Crippen LogP contribution in [0.25, 0.3) is 0 Å². The molecule has 0 aliphatic rings. The molecule has 0 saturated heterocycles. The minimum absolute atomic E-state index is 0.168. The number of ketones is 2. The molecule has 0 aromatic rings. The van der Waals surface area contributed by atoms with Gasteiger partial charge in [-0.3, -0.25) is 9.59 Å². The minimum Gasteiger partial charge on any atom is -0.333 e. The third-order valence-electron chi connectivity index (χ3n) is 2.78. The molecule has 0 aromatic heterocycles. The van der Waals surface area contributed by atoms with Crippen LogP contribution in [0.2, 0.25) is 0 Å². The summed E-state index contributed by atoms with van der Waals surface area (Å²) in [6.45, 7) is 0.702. The third kappa shape index (κ3) is 5.33. The molecule has 0 heterocycles. The van der Waals surface area contributed by atoms with Gasteiger partial charge in [0, 0.05) is 0 Å². The summed E-state index contributed by atoms with van der Waals surface area (Å²) < 4.78 is 111. The van der Waals surface area contributed by atoms with Crippen molar-refractivity contribution in [1.82, 2.24) is 0 Å². The highest BCUT2D eigenvalue weighted by atomic mass is 19.4. The van der Waals surface area contributed by atoms with E-state index in [9.17, 15) is 44.7 Å². The second-order valence-electron chi connectivity index (χ2n) is 4.91. The van der Waals surface area contributed by atoms with Crippen molar-refractivity contribution in [3.05, 3.63) is 0 Å². The number of carbonyl (C=O) groups excluding carboxylic acids is 2. The lowest BCUT2D eigenvalue weighted by Crippen LogP contribution is -2.55. The molecular formula is C13H16F8O4. The first kappa shape index (κ1) is 23.7. The number of alkyl halides is 8. The fraction of sp³-hybridized carbons (Fsp3) is 0.846. The van der Waals surface area contributed by atoms with Crippen molar-refractivity contribution in [2.75, 3.05) is 13.2 Å². The molecule has 0 rings (SSSR count). The van der Waals surface area contributed by atoms with Crippen molar-refractivity contribution in [2.45, 2.75) is 57.2 Å². The van der Waals surface area contributed by atoms with Gasteiger partial charge in [0.25, 0.3) is 0 Å². The number of hydrogen-bond acceptors (Lipinski definition) is 4. The van der Waals surface area contributed by atoms with Crippen LogP contribution in [0.4, 0.5) is 35.1 Å². The van der Waals surface area contributed by atoms with Crippen LogP contribution in [0.15, 0.2) is 0 Å². The molecule has 0 aromatic carbocycles. The molecule has 0 N–H and O–H groups in total. The SMILES string of the molecule is CCCOC(F)(C(=O)CC(=O)C(F)(OCCC)C(F)(F)F)C(F)(F)F. The summed E-state index contributed by atoms with van der Waals surface area (Å²) >= 11 is 0. The summed E-state index contributed by atoms with van der Waals surface area (Å²) in [4.78, 5) is 22.9. The molecule has 0 aliphatic heterocycles. The summed E-state index contributed by atoms with van der Waals surface area (Å²) in [6.07, 6.45) is -14.6. The number of Topliss-reactive ketones (excluding diaryl/α,β-unsaturated/α-hetero) is 2. The lowest BCUT2D eigenvalue weighted by Gasteiger charge is -2.29. The fourth-order valence-corrected chi connectivity index (χ4v) is 1.50. The molecule has 25 heavy (non-hydrogen) atoms. The van der Waals surface area contributed by atoms with Crippen LogP contribution in [0, 0.1) is 0 Å². The van der Waals surface area contributed by atoms with E-state index in [1.165, 1.54) is 13.8 Å². The average molecular weight is 388 g/mol. The van der Waals surface area contributed by atoms with E-state index in [1.807, 2.05) is 0 Å². The van der Waals surface area contributed by atoms with Crippen LogP contribution in [-0.4, -0.2) is 48.8 Å². The maximum atomic E-state index is 13.9. The first-order valence-corrected chi connectivity index (χ1v) is 7.03. The number of hydrogen-bond donors (Lipinski definition) is 0. The Morgan fingerprint density at radius 1 is 0.680 bits per heavy atom. The molecule has 0 aliphatic carbocycles.